The standard InChI is InChI=1S/C15H16Cl2N2OS/c1-4-19-13(8-20)18-14(9(2)3)15(19)21-12-6-10(16)5-11(17)7-12/h5-9H,4H2,1-3H3. The lowest BCUT2D eigenvalue weighted by molar-refractivity contribution is 0.111. The molecule has 112 valence electrons. The molecule has 0 spiro atoms. The molecule has 21 heavy (non-hydrogen) atoms. The summed E-state index contributed by atoms with van der Waals surface area (Å²) in [5.41, 5.74) is 0.917. The lowest BCUT2D eigenvalue weighted by Crippen LogP contribution is -2.02. The second kappa shape index (κ2) is 6.86. The van der Waals surface area contributed by atoms with E-state index < -0.39 is 0 Å². The average molecular weight is 343 g/mol. The van der Waals surface area contributed by atoms with Crippen LogP contribution in [0.4, 0.5) is 0 Å². The van der Waals surface area contributed by atoms with Crippen molar-refractivity contribution in [3.63, 3.8) is 0 Å². The molecule has 0 unspecified atom stereocenters. The van der Waals surface area contributed by atoms with Crippen molar-refractivity contribution < 1.29 is 4.79 Å². The van der Waals surface area contributed by atoms with Gasteiger partial charge in [-0.05, 0) is 31.0 Å². The number of hydrogen-bond acceptors (Lipinski definition) is 3. The van der Waals surface area contributed by atoms with E-state index in [1.807, 2.05) is 23.6 Å². The van der Waals surface area contributed by atoms with Crippen molar-refractivity contribution in [3.8, 4) is 0 Å². The fourth-order valence-electron chi connectivity index (χ4n) is 2.05. The first kappa shape index (κ1) is 16.4. The molecule has 2 rings (SSSR count). The molecule has 2 aromatic rings. The third kappa shape index (κ3) is 3.62. The Balaban J connectivity index is 2.51. The Labute approximate surface area is 138 Å². The number of aromatic nitrogens is 2. The SMILES string of the molecule is CCn1c(C=O)nc(C(C)C)c1Sc1cc(Cl)cc(Cl)c1. The Morgan fingerprint density at radius 2 is 1.90 bits per heavy atom. The summed E-state index contributed by atoms with van der Waals surface area (Å²) < 4.78 is 1.92. The van der Waals surface area contributed by atoms with E-state index in [0.717, 1.165) is 21.9 Å². The van der Waals surface area contributed by atoms with E-state index in [9.17, 15) is 4.79 Å². The molecule has 0 amide bonds. The Kier molecular flexibility index (Phi) is 5.36. The predicted octanol–water partition coefficient (Wildman–Crippen LogP) is 5.30. The van der Waals surface area contributed by atoms with Gasteiger partial charge >= 0.3 is 0 Å². The van der Waals surface area contributed by atoms with Gasteiger partial charge in [0.15, 0.2) is 12.1 Å². The van der Waals surface area contributed by atoms with Gasteiger partial charge in [-0.2, -0.15) is 0 Å². The first-order chi connectivity index (χ1) is 9.96. The topological polar surface area (TPSA) is 34.9 Å². The van der Waals surface area contributed by atoms with E-state index in [1.165, 1.54) is 11.8 Å². The van der Waals surface area contributed by atoms with Gasteiger partial charge in [0.2, 0.25) is 0 Å². The fourth-order valence-corrected chi connectivity index (χ4v) is 4.02. The molecule has 1 heterocycles. The number of aldehydes is 1. The largest absolute Gasteiger partial charge is 0.317 e. The number of benzene rings is 1. The van der Waals surface area contributed by atoms with E-state index in [1.54, 1.807) is 6.07 Å². The van der Waals surface area contributed by atoms with Crippen molar-refractivity contribution in [3.05, 3.63) is 39.8 Å². The van der Waals surface area contributed by atoms with Crippen LogP contribution >= 0.6 is 35.0 Å². The molecule has 0 saturated carbocycles. The van der Waals surface area contributed by atoms with Gasteiger partial charge in [-0.3, -0.25) is 4.79 Å². The number of carbonyl (C=O) groups is 1. The van der Waals surface area contributed by atoms with E-state index in [-0.39, 0.29) is 5.92 Å². The van der Waals surface area contributed by atoms with E-state index in [2.05, 4.69) is 18.8 Å². The smallest absolute Gasteiger partial charge is 0.185 e. The van der Waals surface area contributed by atoms with Crippen molar-refractivity contribution >= 4 is 41.2 Å². The van der Waals surface area contributed by atoms with Gasteiger partial charge in [-0.25, -0.2) is 4.98 Å². The summed E-state index contributed by atoms with van der Waals surface area (Å²) in [5, 5.41) is 2.15. The zero-order valence-corrected chi connectivity index (χ0v) is 14.4. The van der Waals surface area contributed by atoms with Gasteiger partial charge in [0, 0.05) is 21.5 Å². The van der Waals surface area contributed by atoms with Crippen LogP contribution < -0.4 is 0 Å². The predicted molar refractivity (Wildman–Crippen MR) is 88.0 cm³/mol. The second-order valence-electron chi connectivity index (χ2n) is 4.88. The van der Waals surface area contributed by atoms with Gasteiger partial charge in [-0.1, -0.05) is 48.8 Å². The molecule has 6 heteroatoms. The van der Waals surface area contributed by atoms with Crippen LogP contribution in [0.2, 0.25) is 10.0 Å². The van der Waals surface area contributed by atoms with Gasteiger partial charge in [0.05, 0.1) is 5.69 Å². The summed E-state index contributed by atoms with van der Waals surface area (Å²) in [5.74, 6) is 0.686. The van der Waals surface area contributed by atoms with Crippen molar-refractivity contribution in [2.45, 2.75) is 43.2 Å². The van der Waals surface area contributed by atoms with Crippen LogP contribution in [0, 0.1) is 0 Å². The number of nitrogens with zero attached hydrogens (tertiary/aromatic N) is 2. The maximum Gasteiger partial charge on any atom is 0.185 e. The van der Waals surface area contributed by atoms with Crippen LogP contribution in [-0.2, 0) is 6.54 Å². The zero-order valence-electron chi connectivity index (χ0n) is 12.1. The van der Waals surface area contributed by atoms with E-state index in [4.69, 9.17) is 23.2 Å². The summed E-state index contributed by atoms with van der Waals surface area (Å²) in [4.78, 5) is 16.6. The molecule has 0 saturated heterocycles. The summed E-state index contributed by atoms with van der Waals surface area (Å²) >= 11 is 13.6. The maximum absolute atomic E-state index is 11.2. The second-order valence-corrected chi connectivity index (χ2v) is 6.82. The molecule has 0 N–H and O–H groups in total. The number of rotatable bonds is 5. The lowest BCUT2D eigenvalue weighted by atomic mass is 10.1. The van der Waals surface area contributed by atoms with Crippen LogP contribution in [0.5, 0.6) is 0 Å². The van der Waals surface area contributed by atoms with E-state index >= 15 is 0 Å². The van der Waals surface area contributed by atoms with Crippen LogP contribution in [0.1, 0.15) is 43.0 Å². The van der Waals surface area contributed by atoms with Gasteiger partial charge in [-0.15, -0.1) is 0 Å². The third-order valence-corrected chi connectivity index (χ3v) is 4.53. The van der Waals surface area contributed by atoms with Crippen LogP contribution in [0.25, 0.3) is 0 Å². The zero-order chi connectivity index (χ0) is 15.6. The molecule has 0 bridgehead atoms. The van der Waals surface area contributed by atoms with Crippen molar-refractivity contribution in [1.29, 1.82) is 0 Å². The Morgan fingerprint density at radius 3 is 2.38 bits per heavy atom. The van der Waals surface area contributed by atoms with Gasteiger partial charge in [0.25, 0.3) is 0 Å². The molecule has 1 aromatic heterocycles. The fraction of sp³-hybridized carbons (Fsp3) is 0.333. The average Bonchev–Trinajstić information content (AvgIpc) is 2.75. The van der Waals surface area contributed by atoms with Gasteiger partial charge in [0.1, 0.15) is 5.03 Å². The summed E-state index contributed by atoms with van der Waals surface area (Å²) in [6, 6.07) is 5.41. The molecule has 0 radical (unpaired) electrons. The molecule has 0 atom stereocenters. The Morgan fingerprint density at radius 1 is 1.29 bits per heavy atom. The molecular weight excluding hydrogens is 327 g/mol. The van der Waals surface area contributed by atoms with Crippen LogP contribution in [0.15, 0.2) is 28.1 Å². The third-order valence-electron chi connectivity index (χ3n) is 2.99. The summed E-state index contributed by atoms with van der Waals surface area (Å²) in [7, 11) is 0. The molecule has 0 aliphatic heterocycles. The molecule has 1 aromatic carbocycles. The normalized spacial score (nSPS) is 11.1. The molecule has 3 nitrogen and oxygen atoms in total. The monoisotopic (exact) mass is 342 g/mol. The molecular formula is C15H16Cl2N2OS. The maximum atomic E-state index is 11.2. The number of halogens is 2. The minimum atomic E-state index is 0.230. The Bertz CT molecular complexity index is 648. The minimum absolute atomic E-state index is 0.230. The first-order valence-corrected chi connectivity index (χ1v) is 8.23. The number of imidazole rings is 1. The molecule has 0 aliphatic rings. The van der Waals surface area contributed by atoms with Crippen molar-refractivity contribution in [2.24, 2.45) is 0 Å². The first-order valence-electron chi connectivity index (χ1n) is 6.65. The van der Waals surface area contributed by atoms with Crippen molar-refractivity contribution in [2.75, 3.05) is 0 Å². The summed E-state index contributed by atoms with van der Waals surface area (Å²) in [6.45, 7) is 6.80. The highest BCUT2D eigenvalue weighted by Gasteiger charge is 2.19. The quantitative estimate of drug-likeness (QED) is 0.691. The van der Waals surface area contributed by atoms with E-state index in [0.29, 0.717) is 22.4 Å². The lowest BCUT2D eigenvalue weighted by Gasteiger charge is -2.10. The van der Waals surface area contributed by atoms with Crippen molar-refractivity contribution in [1.82, 2.24) is 9.55 Å². The molecule has 0 fully saturated rings. The minimum Gasteiger partial charge on any atom is -0.317 e. The van der Waals surface area contributed by atoms with Gasteiger partial charge < -0.3 is 4.57 Å². The highest BCUT2D eigenvalue weighted by molar-refractivity contribution is 7.99. The molecule has 0 aliphatic carbocycles. The Hall–Kier alpha value is -0.970. The van der Waals surface area contributed by atoms with Crippen LogP contribution in [0.3, 0.4) is 0 Å². The summed E-state index contributed by atoms with van der Waals surface area (Å²) in [6.07, 6.45) is 0.796. The highest BCUT2D eigenvalue weighted by atomic mass is 35.5. The van der Waals surface area contributed by atoms with Crippen LogP contribution in [-0.4, -0.2) is 15.8 Å². The number of carbonyl (C=O) groups excluding carboxylic acids is 1. The number of hydrogen-bond donors (Lipinski definition) is 0. The highest BCUT2D eigenvalue weighted by Crippen LogP contribution is 2.36.